The zero-order valence-electron chi connectivity index (χ0n) is 13.6. The van der Waals surface area contributed by atoms with Crippen LogP contribution < -0.4 is 5.32 Å². The van der Waals surface area contributed by atoms with Crippen molar-refractivity contribution in [1.82, 2.24) is 14.7 Å². The molecule has 0 bridgehead atoms. The van der Waals surface area contributed by atoms with Crippen molar-refractivity contribution in [3.05, 3.63) is 41.3 Å². The highest BCUT2D eigenvalue weighted by molar-refractivity contribution is 6.31. The van der Waals surface area contributed by atoms with Gasteiger partial charge in [0.05, 0.1) is 11.3 Å². The van der Waals surface area contributed by atoms with Crippen molar-refractivity contribution in [3.63, 3.8) is 0 Å². The molecule has 2 unspecified atom stereocenters. The van der Waals surface area contributed by atoms with E-state index in [2.05, 4.69) is 10.3 Å². The van der Waals surface area contributed by atoms with Gasteiger partial charge in [-0.25, -0.2) is 4.98 Å². The van der Waals surface area contributed by atoms with Crippen molar-refractivity contribution in [2.75, 3.05) is 6.54 Å². The lowest BCUT2D eigenvalue weighted by atomic mass is 9.89. The summed E-state index contributed by atoms with van der Waals surface area (Å²) in [4.78, 5) is 16.2. The molecule has 0 aliphatic carbocycles. The highest BCUT2D eigenvalue weighted by Gasteiger charge is 2.27. The van der Waals surface area contributed by atoms with Crippen LogP contribution in [0.4, 0.5) is 0 Å². The largest absolute Gasteiger partial charge is 0.388 e. The predicted molar refractivity (Wildman–Crippen MR) is 92.3 cm³/mol. The molecule has 0 saturated heterocycles. The molecule has 2 atom stereocenters. The van der Waals surface area contributed by atoms with Crippen molar-refractivity contribution < 1.29 is 9.90 Å². The molecule has 0 spiro atoms. The van der Waals surface area contributed by atoms with Gasteiger partial charge in [-0.2, -0.15) is 0 Å². The van der Waals surface area contributed by atoms with Gasteiger partial charge in [0.25, 0.3) is 0 Å². The van der Waals surface area contributed by atoms with E-state index in [1.54, 1.807) is 17.4 Å². The summed E-state index contributed by atoms with van der Waals surface area (Å²) in [5.41, 5.74) is 0.433. The molecule has 0 fully saturated rings. The van der Waals surface area contributed by atoms with Gasteiger partial charge in [-0.1, -0.05) is 37.9 Å². The Bertz CT molecular complexity index is 722. The first-order chi connectivity index (χ1) is 10.8. The van der Waals surface area contributed by atoms with E-state index in [4.69, 9.17) is 11.6 Å². The standard InChI is InChI=1S/C17H22ClN3O2/c1-4-12(2)17(3,23)11-19-15(22)9-8-13-16(18)20-14-7-5-6-10-21(13)14/h5-10,12,23H,4,11H2,1-3H3,(H,19,22). The number of rotatable bonds is 6. The molecule has 124 valence electrons. The lowest BCUT2D eigenvalue weighted by Gasteiger charge is -2.29. The fraction of sp³-hybridized carbons (Fsp3) is 0.412. The molecule has 2 aromatic heterocycles. The van der Waals surface area contributed by atoms with E-state index in [9.17, 15) is 9.90 Å². The van der Waals surface area contributed by atoms with Crippen molar-refractivity contribution in [1.29, 1.82) is 0 Å². The highest BCUT2D eigenvalue weighted by Crippen LogP contribution is 2.20. The Balaban J connectivity index is 2.05. The number of carbonyl (C=O) groups is 1. The molecule has 0 aromatic carbocycles. The monoisotopic (exact) mass is 335 g/mol. The molecule has 2 N–H and O–H groups in total. The van der Waals surface area contributed by atoms with Gasteiger partial charge in [0, 0.05) is 18.8 Å². The summed E-state index contributed by atoms with van der Waals surface area (Å²) in [5.74, 6) is -0.185. The van der Waals surface area contributed by atoms with Crippen molar-refractivity contribution >= 4 is 29.2 Å². The van der Waals surface area contributed by atoms with Crippen LogP contribution in [0.5, 0.6) is 0 Å². The Morgan fingerprint density at radius 2 is 2.30 bits per heavy atom. The predicted octanol–water partition coefficient (Wildman–Crippen LogP) is 2.91. The lowest BCUT2D eigenvalue weighted by Crippen LogP contribution is -2.44. The molecule has 6 heteroatoms. The minimum absolute atomic E-state index is 0.0972. The molecule has 2 aromatic rings. The summed E-state index contributed by atoms with van der Waals surface area (Å²) in [6.07, 6.45) is 5.69. The summed E-state index contributed by atoms with van der Waals surface area (Å²) >= 11 is 6.11. The second kappa shape index (κ2) is 7.15. The molecular weight excluding hydrogens is 314 g/mol. The van der Waals surface area contributed by atoms with E-state index in [0.717, 1.165) is 12.1 Å². The number of nitrogens with zero attached hydrogens (tertiary/aromatic N) is 2. The van der Waals surface area contributed by atoms with Gasteiger partial charge in [0.2, 0.25) is 5.91 Å². The first-order valence-electron chi connectivity index (χ1n) is 7.66. The van der Waals surface area contributed by atoms with E-state index in [1.165, 1.54) is 6.08 Å². The van der Waals surface area contributed by atoms with Crippen LogP contribution in [0, 0.1) is 5.92 Å². The first kappa shape index (κ1) is 17.5. The van der Waals surface area contributed by atoms with Crippen molar-refractivity contribution in [2.45, 2.75) is 32.8 Å². The van der Waals surface area contributed by atoms with Gasteiger partial charge in [-0.3, -0.25) is 9.20 Å². The summed E-state index contributed by atoms with van der Waals surface area (Å²) in [6, 6.07) is 5.58. The second-order valence-corrected chi connectivity index (χ2v) is 6.29. The third-order valence-electron chi connectivity index (χ3n) is 4.21. The van der Waals surface area contributed by atoms with Crippen LogP contribution in [0.3, 0.4) is 0 Å². The van der Waals surface area contributed by atoms with Crippen LogP contribution in [0.1, 0.15) is 32.9 Å². The summed E-state index contributed by atoms with van der Waals surface area (Å²) in [7, 11) is 0. The number of pyridine rings is 1. The number of carbonyl (C=O) groups excluding carboxylic acids is 1. The molecule has 1 amide bonds. The normalized spacial score (nSPS) is 15.7. The Morgan fingerprint density at radius 1 is 1.57 bits per heavy atom. The number of aliphatic hydroxyl groups is 1. The van der Waals surface area contributed by atoms with E-state index < -0.39 is 5.60 Å². The molecule has 0 aliphatic heterocycles. The van der Waals surface area contributed by atoms with Gasteiger partial charge >= 0.3 is 0 Å². The van der Waals surface area contributed by atoms with E-state index in [1.807, 2.05) is 38.2 Å². The number of halogens is 1. The number of hydrogen-bond donors (Lipinski definition) is 2. The summed E-state index contributed by atoms with van der Waals surface area (Å²) in [6.45, 7) is 5.90. The van der Waals surface area contributed by atoms with E-state index in [-0.39, 0.29) is 18.4 Å². The van der Waals surface area contributed by atoms with Gasteiger partial charge in [0.1, 0.15) is 5.65 Å². The van der Waals surface area contributed by atoms with E-state index in [0.29, 0.717) is 10.8 Å². The third kappa shape index (κ3) is 4.12. The number of hydrogen-bond acceptors (Lipinski definition) is 3. The molecule has 0 aliphatic rings. The zero-order chi connectivity index (χ0) is 17.0. The average Bonchev–Trinajstić information content (AvgIpc) is 2.85. The molecular formula is C17H22ClN3O2. The number of fused-ring (bicyclic) bond motifs is 1. The average molecular weight is 336 g/mol. The molecule has 5 nitrogen and oxygen atoms in total. The molecule has 0 radical (unpaired) electrons. The lowest BCUT2D eigenvalue weighted by molar-refractivity contribution is -0.118. The topological polar surface area (TPSA) is 66.6 Å². The zero-order valence-corrected chi connectivity index (χ0v) is 14.3. The van der Waals surface area contributed by atoms with Crippen molar-refractivity contribution in [2.24, 2.45) is 5.92 Å². The van der Waals surface area contributed by atoms with Crippen LogP contribution in [-0.4, -0.2) is 32.5 Å². The fourth-order valence-corrected chi connectivity index (χ4v) is 2.47. The molecule has 2 rings (SSSR count). The van der Waals surface area contributed by atoms with Crippen LogP contribution in [0.25, 0.3) is 11.7 Å². The maximum atomic E-state index is 12.0. The quantitative estimate of drug-likeness (QED) is 0.798. The number of amides is 1. The van der Waals surface area contributed by atoms with Crippen molar-refractivity contribution in [3.8, 4) is 0 Å². The SMILES string of the molecule is CCC(C)C(C)(O)CNC(=O)C=Cc1c(Cl)nc2ccccn12. The number of nitrogens with one attached hydrogen (secondary N) is 1. The Hall–Kier alpha value is -1.85. The second-order valence-electron chi connectivity index (χ2n) is 5.93. The Labute approximate surface area is 141 Å². The maximum absolute atomic E-state index is 12.0. The van der Waals surface area contributed by atoms with Crippen LogP contribution in [0.15, 0.2) is 30.5 Å². The fourth-order valence-electron chi connectivity index (χ4n) is 2.23. The van der Waals surface area contributed by atoms with Gasteiger partial charge in [-0.05, 0) is 31.1 Å². The van der Waals surface area contributed by atoms with Crippen LogP contribution >= 0.6 is 11.6 Å². The Morgan fingerprint density at radius 3 is 3.00 bits per heavy atom. The minimum atomic E-state index is -0.931. The maximum Gasteiger partial charge on any atom is 0.244 e. The van der Waals surface area contributed by atoms with Gasteiger partial charge in [-0.15, -0.1) is 0 Å². The van der Waals surface area contributed by atoms with Gasteiger partial charge in [0.15, 0.2) is 5.15 Å². The molecule has 0 saturated carbocycles. The van der Waals surface area contributed by atoms with Crippen LogP contribution in [0.2, 0.25) is 5.15 Å². The smallest absolute Gasteiger partial charge is 0.244 e. The highest BCUT2D eigenvalue weighted by atomic mass is 35.5. The van der Waals surface area contributed by atoms with E-state index >= 15 is 0 Å². The molecule has 23 heavy (non-hydrogen) atoms. The first-order valence-corrected chi connectivity index (χ1v) is 8.04. The van der Waals surface area contributed by atoms with Gasteiger partial charge < -0.3 is 10.4 Å². The number of aromatic nitrogens is 2. The summed E-state index contributed by atoms with van der Waals surface area (Å²) < 4.78 is 1.81. The Kier molecular flexibility index (Phi) is 5.44. The van der Waals surface area contributed by atoms with Crippen LogP contribution in [-0.2, 0) is 4.79 Å². The molecule has 2 heterocycles. The minimum Gasteiger partial charge on any atom is -0.388 e. The number of imidazole rings is 1. The summed E-state index contributed by atoms with van der Waals surface area (Å²) in [5, 5.41) is 13.4. The third-order valence-corrected chi connectivity index (χ3v) is 4.49.